The van der Waals surface area contributed by atoms with E-state index in [1.165, 1.54) is 6.42 Å². The average Bonchev–Trinajstić information content (AvgIpc) is 2.44. The minimum absolute atomic E-state index is 0.00191. The number of pyridine rings is 1. The van der Waals surface area contributed by atoms with Crippen molar-refractivity contribution in [3.8, 4) is 0 Å². The lowest BCUT2D eigenvalue weighted by molar-refractivity contribution is -0.00568. The van der Waals surface area contributed by atoms with Gasteiger partial charge in [0.1, 0.15) is 5.60 Å². The minimum Gasteiger partial charge on any atom is -0.412 e. The summed E-state index contributed by atoms with van der Waals surface area (Å²) in [5.74, 6) is 0. The topological polar surface area (TPSA) is 42.4 Å². The van der Waals surface area contributed by atoms with E-state index in [9.17, 15) is 5.11 Å². The number of hydrogen-bond donors (Lipinski definition) is 1. The maximum atomic E-state index is 10.9. The summed E-state index contributed by atoms with van der Waals surface area (Å²) in [7, 11) is -1.17. The van der Waals surface area contributed by atoms with Gasteiger partial charge in [0.05, 0.1) is 17.5 Å². The fourth-order valence-corrected chi connectivity index (χ4v) is 4.33. The molecule has 1 N–H and O–H groups in total. The lowest BCUT2D eigenvalue weighted by atomic mass is 9.81. The van der Waals surface area contributed by atoms with Gasteiger partial charge in [0.15, 0.2) is 9.04 Å². The predicted octanol–water partition coefficient (Wildman–Crippen LogP) is 4.32. The molecule has 0 saturated heterocycles. The highest BCUT2D eigenvalue weighted by atomic mass is 28.3. The van der Waals surface area contributed by atoms with Crippen LogP contribution in [0.1, 0.15) is 70.4 Å². The van der Waals surface area contributed by atoms with Crippen molar-refractivity contribution in [3.63, 3.8) is 0 Å². The summed E-state index contributed by atoms with van der Waals surface area (Å²) in [5.41, 5.74) is 1.04. The number of hydrogen-bond acceptors (Lipinski definition) is 3. The van der Waals surface area contributed by atoms with Crippen LogP contribution < -0.4 is 0 Å². The maximum Gasteiger partial charge on any atom is 0.171 e. The molecule has 124 valence electrons. The molecule has 0 spiro atoms. The van der Waals surface area contributed by atoms with Crippen LogP contribution in [0.5, 0.6) is 0 Å². The predicted molar refractivity (Wildman–Crippen MR) is 93.4 cm³/mol. The van der Waals surface area contributed by atoms with Gasteiger partial charge in [-0.25, -0.2) is 0 Å². The highest BCUT2D eigenvalue weighted by molar-refractivity contribution is 6.48. The van der Waals surface area contributed by atoms with Gasteiger partial charge in [-0.2, -0.15) is 0 Å². The quantitative estimate of drug-likeness (QED) is 0.840. The van der Waals surface area contributed by atoms with Gasteiger partial charge in [-0.3, -0.25) is 4.98 Å². The van der Waals surface area contributed by atoms with Gasteiger partial charge in [0, 0.05) is 0 Å². The lowest BCUT2D eigenvalue weighted by Gasteiger charge is -2.35. The van der Waals surface area contributed by atoms with Gasteiger partial charge in [0.25, 0.3) is 0 Å². The molecule has 0 bridgehead atoms. The van der Waals surface area contributed by atoms with E-state index < -0.39 is 14.6 Å². The molecule has 0 aliphatic heterocycles. The molecule has 0 radical (unpaired) electrons. The molecule has 1 atom stereocenters. The fraction of sp³-hybridized carbons (Fsp3) is 0.722. The third kappa shape index (κ3) is 4.18. The van der Waals surface area contributed by atoms with Gasteiger partial charge < -0.3 is 9.53 Å². The molecule has 2 rings (SSSR count). The van der Waals surface area contributed by atoms with Crippen molar-refractivity contribution in [2.24, 2.45) is 5.41 Å². The summed E-state index contributed by atoms with van der Waals surface area (Å²) < 4.78 is 6.27. The molecule has 3 nitrogen and oxygen atoms in total. The van der Waals surface area contributed by atoms with Crippen LogP contribution in [0.15, 0.2) is 18.2 Å². The van der Waals surface area contributed by atoms with Gasteiger partial charge >= 0.3 is 0 Å². The Hall–Kier alpha value is -0.713. The first-order valence-electron chi connectivity index (χ1n) is 8.58. The molecule has 1 fully saturated rings. The molecular weight excluding hydrogens is 290 g/mol. The molecule has 1 aromatic heterocycles. The van der Waals surface area contributed by atoms with Crippen LogP contribution in [-0.4, -0.2) is 19.1 Å². The van der Waals surface area contributed by atoms with E-state index in [1.54, 1.807) is 0 Å². The van der Waals surface area contributed by atoms with Crippen molar-refractivity contribution in [1.82, 2.24) is 4.98 Å². The van der Waals surface area contributed by atoms with Crippen LogP contribution in [0.2, 0.25) is 13.1 Å². The SMILES string of the molecule is C[SiH](C)OC(c1cccc(C2(O)CCCCC2)n1)C(C)(C)C. The average molecular weight is 322 g/mol. The summed E-state index contributed by atoms with van der Waals surface area (Å²) in [6, 6.07) is 6.04. The number of aliphatic hydroxyl groups is 1. The van der Waals surface area contributed by atoms with Crippen LogP contribution in [0.4, 0.5) is 0 Å². The zero-order valence-corrected chi connectivity index (χ0v) is 15.9. The Labute approximate surface area is 136 Å². The van der Waals surface area contributed by atoms with Gasteiger partial charge in [0.2, 0.25) is 0 Å². The largest absolute Gasteiger partial charge is 0.412 e. The molecule has 1 aromatic rings. The second-order valence-electron chi connectivity index (χ2n) is 7.97. The molecule has 1 aliphatic rings. The molecule has 22 heavy (non-hydrogen) atoms. The van der Waals surface area contributed by atoms with E-state index in [2.05, 4.69) is 33.9 Å². The Balaban J connectivity index is 2.33. The molecule has 1 unspecified atom stereocenters. The van der Waals surface area contributed by atoms with Crippen molar-refractivity contribution in [2.45, 2.75) is 77.7 Å². The Morgan fingerprint density at radius 2 is 1.82 bits per heavy atom. The van der Waals surface area contributed by atoms with Crippen molar-refractivity contribution >= 4 is 9.04 Å². The third-order valence-electron chi connectivity index (χ3n) is 4.39. The van der Waals surface area contributed by atoms with Crippen LogP contribution in [0.25, 0.3) is 0 Å². The summed E-state index contributed by atoms with van der Waals surface area (Å²) in [6.45, 7) is 11.0. The highest BCUT2D eigenvalue weighted by Crippen LogP contribution is 2.39. The summed E-state index contributed by atoms with van der Waals surface area (Å²) in [4.78, 5) is 4.84. The lowest BCUT2D eigenvalue weighted by Crippen LogP contribution is -2.31. The third-order valence-corrected chi connectivity index (χ3v) is 5.21. The van der Waals surface area contributed by atoms with Crippen LogP contribution in [0.3, 0.4) is 0 Å². The first kappa shape index (κ1) is 17.6. The second-order valence-corrected chi connectivity index (χ2v) is 10.3. The van der Waals surface area contributed by atoms with Crippen molar-refractivity contribution in [2.75, 3.05) is 0 Å². The van der Waals surface area contributed by atoms with Crippen LogP contribution in [0, 0.1) is 5.41 Å². The smallest absolute Gasteiger partial charge is 0.171 e. The molecule has 1 aliphatic carbocycles. The zero-order valence-electron chi connectivity index (χ0n) is 14.7. The van der Waals surface area contributed by atoms with E-state index in [1.807, 2.05) is 18.2 Å². The Morgan fingerprint density at radius 1 is 1.18 bits per heavy atom. The van der Waals surface area contributed by atoms with Crippen LogP contribution >= 0.6 is 0 Å². The van der Waals surface area contributed by atoms with Gasteiger partial charge in [-0.1, -0.05) is 46.1 Å². The number of nitrogens with zero attached hydrogens (tertiary/aromatic N) is 1. The normalized spacial score (nSPS) is 20.1. The first-order chi connectivity index (χ1) is 10.2. The Morgan fingerprint density at radius 3 is 2.36 bits per heavy atom. The number of rotatable bonds is 4. The van der Waals surface area contributed by atoms with E-state index in [4.69, 9.17) is 9.41 Å². The molecule has 4 heteroatoms. The van der Waals surface area contributed by atoms with Crippen molar-refractivity contribution in [3.05, 3.63) is 29.6 Å². The Kier molecular flexibility index (Phi) is 5.46. The second kappa shape index (κ2) is 6.81. The summed E-state index contributed by atoms with van der Waals surface area (Å²) in [5, 5.41) is 10.9. The molecule has 0 aromatic carbocycles. The van der Waals surface area contributed by atoms with Gasteiger partial charge in [-0.15, -0.1) is 0 Å². The van der Waals surface area contributed by atoms with E-state index in [0.717, 1.165) is 37.1 Å². The highest BCUT2D eigenvalue weighted by Gasteiger charge is 2.34. The van der Waals surface area contributed by atoms with Gasteiger partial charge in [-0.05, 0) is 43.5 Å². The Bertz CT molecular complexity index is 490. The standard InChI is InChI=1S/C18H31NO2Si/c1-17(2,3)16(21-22(4)5)14-10-9-11-15(19-14)18(20)12-7-6-8-13-18/h9-11,16,20,22H,6-8,12-13H2,1-5H3. The van der Waals surface area contributed by atoms with Crippen molar-refractivity contribution < 1.29 is 9.53 Å². The first-order valence-corrected chi connectivity index (χ1v) is 11.4. The van der Waals surface area contributed by atoms with E-state index >= 15 is 0 Å². The van der Waals surface area contributed by atoms with Crippen LogP contribution in [-0.2, 0) is 10.0 Å². The summed E-state index contributed by atoms with van der Waals surface area (Å²) >= 11 is 0. The van der Waals surface area contributed by atoms with E-state index in [0.29, 0.717) is 0 Å². The molecule has 1 saturated carbocycles. The molecule has 0 amide bonds. The molecule has 1 heterocycles. The maximum absolute atomic E-state index is 10.9. The van der Waals surface area contributed by atoms with E-state index in [-0.39, 0.29) is 11.5 Å². The fourth-order valence-electron chi connectivity index (χ4n) is 3.24. The monoisotopic (exact) mass is 321 g/mol. The minimum atomic E-state index is -1.17. The molecular formula is C18H31NO2Si. The van der Waals surface area contributed by atoms with Crippen molar-refractivity contribution in [1.29, 1.82) is 0 Å². The zero-order chi connectivity index (χ0) is 16.4. The summed E-state index contributed by atoms with van der Waals surface area (Å²) in [6.07, 6.45) is 5.02. The number of aromatic nitrogens is 1.